The first-order valence-corrected chi connectivity index (χ1v) is 10.7. The highest BCUT2D eigenvalue weighted by molar-refractivity contribution is 5.83. The molecule has 5 heteroatoms. The molecule has 0 bridgehead atoms. The van der Waals surface area contributed by atoms with Crippen molar-refractivity contribution in [2.24, 2.45) is 0 Å². The lowest BCUT2D eigenvalue weighted by Gasteiger charge is -2.25. The third-order valence-corrected chi connectivity index (χ3v) is 5.38. The third-order valence-electron chi connectivity index (χ3n) is 5.38. The summed E-state index contributed by atoms with van der Waals surface area (Å²) in [5.41, 5.74) is 4.55. The molecule has 0 fully saturated rings. The molecule has 0 saturated heterocycles. The molecule has 1 aliphatic rings. The second kappa shape index (κ2) is 8.87. The number of carbonyl (C=O) groups excluding carboxylic acids is 2. The minimum atomic E-state index is -0.953. The number of amides is 1. The smallest absolute Gasteiger partial charge is 0.408 e. The van der Waals surface area contributed by atoms with Gasteiger partial charge in [-0.15, -0.1) is 0 Å². The maximum atomic E-state index is 12.8. The summed E-state index contributed by atoms with van der Waals surface area (Å²) in [4.78, 5) is 25.5. The van der Waals surface area contributed by atoms with Crippen molar-refractivity contribution < 1.29 is 19.1 Å². The van der Waals surface area contributed by atoms with Gasteiger partial charge >= 0.3 is 12.1 Å². The SMILES string of the molecule is CC(C)(C)OC(=O)[C@H](NC(=O)OCC1c2ccccc2-c2ccccc21)c1ccccc1. The molecule has 3 aromatic rings. The van der Waals surface area contributed by atoms with Crippen molar-refractivity contribution in [3.05, 3.63) is 95.6 Å². The van der Waals surface area contributed by atoms with E-state index in [0.717, 1.165) is 22.3 Å². The molecule has 0 aromatic heterocycles. The van der Waals surface area contributed by atoms with Crippen LogP contribution in [0.3, 0.4) is 0 Å². The van der Waals surface area contributed by atoms with Crippen molar-refractivity contribution in [3.63, 3.8) is 0 Å². The number of hydrogen-bond acceptors (Lipinski definition) is 4. The van der Waals surface area contributed by atoms with Gasteiger partial charge in [0.2, 0.25) is 0 Å². The number of rotatable bonds is 5. The van der Waals surface area contributed by atoms with Crippen LogP contribution in [-0.4, -0.2) is 24.3 Å². The minimum absolute atomic E-state index is 0.0511. The van der Waals surface area contributed by atoms with Crippen molar-refractivity contribution in [3.8, 4) is 11.1 Å². The van der Waals surface area contributed by atoms with Gasteiger partial charge in [0.25, 0.3) is 0 Å². The van der Waals surface area contributed by atoms with Crippen molar-refractivity contribution in [2.45, 2.75) is 38.3 Å². The van der Waals surface area contributed by atoms with E-state index >= 15 is 0 Å². The summed E-state index contributed by atoms with van der Waals surface area (Å²) in [6.45, 7) is 5.55. The van der Waals surface area contributed by atoms with E-state index in [2.05, 4.69) is 29.6 Å². The van der Waals surface area contributed by atoms with Gasteiger partial charge in [-0.2, -0.15) is 0 Å². The molecule has 5 nitrogen and oxygen atoms in total. The molecule has 0 unspecified atom stereocenters. The van der Waals surface area contributed by atoms with E-state index in [1.54, 1.807) is 32.9 Å². The van der Waals surface area contributed by atoms with E-state index in [0.29, 0.717) is 5.56 Å². The monoisotopic (exact) mass is 429 g/mol. The lowest BCUT2D eigenvalue weighted by molar-refractivity contribution is -0.157. The second-order valence-electron chi connectivity index (χ2n) is 8.85. The number of nitrogens with one attached hydrogen (secondary N) is 1. The van der Waals surface area contributed by atoms with Crippen LogP contribution in [0.25, 0.3) is 11.1 Å². The van der Waals surface area contributed by atoms with Crippen LogP contribution in [0.15, 0.2) is 78.9 Å². The van der Waals surface area contributed by atoms with Gasteiger partial charge in [-0.3, -0.25) is 0 Å². The van der Waals surface area contributed by atoms with Crippen molar-refractivity contribution >= 4 is 12.1 Å². The van der Waals surface area contributed by atoms with E-state index in [9.17, 15) is 9.59 Å². The van der Waals surface area contributed by atoms with Gasteiger partial charge in [-0.05, 0) is 48.6 Å². The standard InChI is InChI=1S/C27H27NO4/c1-27(2,3)32-25(29)24(18-11-5-4-6-12-18)28-26(30)31-17-23-21-15-9-7-13-19(21)20-14-8-10-16-22(20)23/h4-16,23-24H,17H2,1-3H3,(H,28,30)/t24-/m1/s1. The van der Waals surface area contributed by atoms with Crippen LogP contribution in [0, 0.1) is 0 Å². The summed E-state index contributed by atoms with van der Waals surface area (Å²) >= 11 is 0. The fraction of sp³-hybridized carbons (Fsp3) is 0.259. The Kier molecular flexibility index (Phi) is 5.99. The average molecular weight is 430 g/mol. The molecule has 1 amide bonds. The van der Waals surface area contributed by atoms with Gasteiger partial charge in [-0.25, -0.2) is 9.59 Å². The van der Waals surface area contributed by atoms with Crippen LogP contribution in [0.4, 0.5) is 4.79 Å². The first kappa shape index (κ1) is 21.6. The van der Waals surface area contributed by atoms with Gasteiger partial charge in [-0.1, -0.05) is 78.9 Å². The van der Waals surface area contributed by atoms with Crippen molar-refractivity contribution in [1.82, 2.24) is 5.32 Å². The Morgan fingerprint density at radius 3 is 1.94 bits per heavy atom. The van der Waals surface area contributed by atoms with Crippen LogP contribution in [0.5, 0.6) is 0 Å². The highest BCUT2D eigenvalue weighted by atomic mass is 16.6. The average Bonchev–Trinajstić information content (AvgIpc) is 3.09. The molecule has 32 heavy (non-hydrogen) atoms. The largest absolute Gasteiger partial charge is 0.458 e. The Bertz CT molecular complexity index is 1070. The summed E-state index contributed by atoms with van der Waals surface area (Å²) in [6.07, 6.45) is -0.661. The topological polar surface area (TPSA) is 64.6 Å². The minimum Gasteiger partial charge on any atom is -0.458 e. The zero-order chi connectivity index (χ0) is 22.7. The van der Waals surface area contributed by atoms with Crippen molar-refractivity contribution in [1.29, 1.82) is 0 Å². The lowest BCUT2D eigenvalue weighted by Crippen LogP contribution is -2.38. The number of ether oxygens (including phenoxy) is 2. The maximum absolute atomic E-state index is 12.8. The Morgan fingerprint density at radius 2 is 1.38 bits per heavy atom. The fourth-order valence-electron chi connectivity index (χ4n) is 4.04. The molecular formula is C27H27NO4. The highest BCUT2D eigenvalue weighted by Crippen LogP contribution is 2.44. The van der Waals surface area contributed by atoms with E-state index in [1.165, 1.54) is 0 Å². The van der Waals surface area contributed by atoms with Crippen LogP contribution in [0.2, 0.25) is 0 Å². The van der Waals surface area contributed by atoms with E-state index in [-0.39, 0.29) is 12.5 Å². The normalized spacial score (nSPS) is 13.6. The molecule has 1 atom stereocenters. The summed E-state index contributed by atoms with van der Waals surface area (Å²) in [5.74, 6) is -0.581. The van der Waals surface area contributed by atoms with Crippen LogP contribution in [-0.2, 0) is 14.3 Å². The Morgan fingerprint density at radius 1 is 0.844 bits per heavy atom. The molecule has 0 radical (unpaired) electrons. The van der Waals surface area contributed by atoms with Crippen molar-refractivity contribution in [2.75, 3.05) is 6.61 Å². The Labute approximate surface area is 188 Å². The number of fused-ring (bicyclic) bond motifs is 3. The zero-order valence-electron chi connectivity index (χ0n) is 18.5. The fourth-order valence-corrected chi connectivity index (χ4v) is 4.04. The van der Waals surface area contributed by atoms with Gasteiger partial charge in [0, 0.05) is 5.92 Å². The van der Waals surface area contributed by atoms with Gasteiger partial charge < -0.3 is 14.8 Å². The highest BCUT2D eigenvalue weighted by Gasteiger charge is 2.31. The van der Waals surface area contributed by atoms with Crippen LogP contribution < -0.4 is 5.32 Å². The molecule has 0 aliphatic heterocycles. The molecule has 4 rings (SSSR count). The quantitative estimate of drug-likeness (QED) is 0.536. The van der Waals surface area contributed by atoms with Crippen LogP contribution >= 0.6 is 0 Å². The summed E-state index contributed by atoms with van der Waals surface area (Å²) in [6, 6.07) is 24.4. The predicted molar refractivity (Wildman–Crippen MR) is 123 cm³/mol. The number of carbonyl (C=O) groups is 2. The molecule has 3 aromatic carbocycles. The molecule has 0 saturated carbocycles. The molecule has 0 spiro atoms. The number of benzene rings is 3. The third kappa shape index (κ3) is 4.67. The zero-order valence-corrected chi connectivity index (χ0v) is 18.5. The summed E-state index contributed by atoms with van der Waals surface area (Å²) in [5, 5.41) is 2.69. The molecule has 1 aliphatic carbocycles. The molecule has 164 valence electrons. The molecule has 1 N–H and O–H groups in total. The van der Waals surface area contributed by atoms with E-state index in [4.69, 9.17) is 9.47 Å². The first-order valence-electron chi connectivity index (χ1n) is 10.7. The Hall–Kier alpha value is -3.60. The van der Waals surface area contributed by atoms with Gasteiger partial charge in [0.15, 0.2) is 6.04 Å². The maximum Gasteiger partial charge on any atom is 0.408 e. The number of hydrogen-bond donors (Lipinski definition) is 1. The predicted octanol–water partition coefficient (Wildman–Crippen LogP) is 5.61. The first-order chi connectivity index (χ1) is 15.3. The lowest BCUT2D eigenvalue weighted by atomic mass is 9.98. The molecular weight excluding hydrogens is 402 g/mol. The van der Waals surface area contributed by atoms with Crippen LogP contribution in [0.1, 0.15) is 49.4 Å². The van der Waals surface area contributed by atoms with Gasteiger partial charge in [0.05, 0.1) is 0 Å². The summed E-state index contributed by atoms with van der Waals surface area (Å²) < 4.78 is 11.1. The van der Waals surface area contributed by atoms with Gasteiger partial charge in [0.1, 0.15) is 12.2 Å². The second-order valence-corrected chi connectivity index (χ2v) is 8.85. The Balaban J connectivity index is 1.49. The van der Waals surface area contributed by atoms with E-state index in [1.807, 2.05) is 42.5 Å². The number of esters is 1. The van der Waals surface area contributed by atoms with E-state index < -0.39 is 23.7 Å². The summed E-state index contributed by atoms with van der Waals surface area (Å²) in [7, 11) is 0. The number of alkyl carbamates (subject to hydrolysis) is 1. The molecule has 0 heterocycles.